The van der Waals surface area contributed by atoms with Crippen LogP contribution in [0.5, 0.6) is 0 Å². The Kier molecular flexibility index (Phi) is 4.87. The van der Waals surface area contributed by atoms with Gasteiger partial charge in [0, 0.05) is 18.9 Å². The van der Waals surface area contributed by atoms with Crippen LogP contribution in [0.1, 0.15) is 37.1 Å². The van der Waals surface area contributed by atoms with Gasteiger partial charge in [0.05, 0.1) is 12.6 Å². The lowest BCUT2D eigenvalue weighted by Crippen LogP contribution is -2.50. The maximum absolute atomic E-state index is 12.9. The number of urea groups is 1. The fourth-order valence-electron chi connectivity index (χ4n) is 4.22. The number of amides is 4. The molecular weight excluding hydrogens is 370 g/mol. The van der Waals surface area contributed by atoms with Crippen LogP contribution >= 0.6 is 0 Å². The second kappa shape index (κ2) is 7.36. The number of rotatable bonds is 5. The molecule has 29 heavy (non-hydrogen) atoms. The highest BCUT2D eigenvalue weighted by atomic mass is 16.2. The van der Waals surface area contributed by atoms with Gasteiger partial charge >= 0.3 is 6.03 Å². The highest BCUT2D eigenvalue weighted by Crippen LogP contribution is 2.31. The van der Waals surface area contributed by atoms with Crippen molar-refractivity contribution >= 4 is 17.8 Å². The number of aryl methyl sites for hydroxylation is 1. The zero-order chi connectivity index (χ0) is 20.6. The first-order chi connectivity index (χ1) is 13.9. The quantitative estimate of drug-likeness (QED) is 0.754. The molecule has 8 nitrogen and oxygen atoms in total. The largest absolute Gasteiger partial charge is 0.353 e. The molecule has 1 aromatic heterocycles. The molecule has 2 fully saturated rings. The lowest BCUT2D eigenvalue weighted by molar-refractivity contribution is -0.139. The van der Waals surface area contributed by atoms with Gasteiger partial charge in [-0.25, -0.2) is 4.79 Å². The van der Waals surface area contributed by atoms with Crippen molar-refractivity contribution in [3.8, 4) is 0 Å². The number of carbonyl (C=O) groups excluding carboxylic acids is 3. The highest BCUT2D eigenvalue weighted by molar-refractivity contribution is 6.08. The van der Waals surface area contributed by atoms with Gasteiger partial charge in [-0.1, -0.05) is 30.3 Å². The highest BCUT2D eigenvalue weighted by Gasteiger charge is 2.50. The van der Waals surface area contributed by atoms with Crippen molar-refractivity contribution in [1.29, 1.82) is 0 Å². The topological polar surface area (TPSA) is 86.7 Å². The summed E-state index contributed by atoms with van der Waals surface area (Å²) in [7, 11) is 1.99. The summed E-state index contributed by atoms with van der Waals surface area (Å²) >= 11 is 0. The van der Waals surface area contributed by atoms with Crippen molar-refractivity contribution in [2.45, 2.75) is 31.3 Å². The summed E-state index contributed by atoms with van der Waals surface area (Å²) in [4.78, 5) is 40.1. The van der Waals surface area contributed by atoms with Crippen molar-refractivity contribution in [3.05, 3.63) is 59.9 Å². The van der Waals surface area contributed by atoms with Crippen molar-refractivity contribution in [2.75, 3.05) is 13.1 Å². The van der Waals surface area contributed by atoms with Crippen LogP contribution in [-0.2, 0) is 22.2 Å². The zero-order valence-electron chi connectivity index (χ0n) is 16.6. The van der Waals surface area contributed by atoms with E-state index in [1.807, 2.05) is 25.4 Å². The van der Waals surface area contributed by atoms with E-state index in [0.717, 1.165) is 30.1 Å². The van der Waals surface area contributed by atoms with Crippen molar-refractivity contribution in [1.82, 2.24) is 25.2 Å². The SMILES string of the molecule is Cn1cccc1[C@H]1CCCN1CC(=O)NN1C(=O)N[C@](C)(c2ccccc2)C1=O. The molecule has 4 rings (SSSR count). The van der Waals surface area contributed by atoms with Gasteiger partial charge in [0.15, 0.2) is 0 Å². The molecule has 0 spiro atoms. The lowest BCUT2D eigenvalue weighted by atomic mass is 9.92. The Hall–Kier alpha value is -3.13. The van der Waals surface area contributed by atoms with Gasteiger partial charge in [-0.3, -0.25) is 19.9 Å². The number of aromatic nitrogens is 1. The standard InChI is InChI=1S/C21H25N5O3/c1-21(15-8-4-3-5-9-15)19(28)26(20(29)22-21)23-18(27)14-25-13-7-11-17(25)16-10-6-12-24(16)2/h3-6,8-10,12,17H,7,11,13-14H2,1-2H3,(H,22,29)(H,23,27)/t17-,21-/m1/s1. The van der Waals surface area contributed by atoms with E-state index in [9.17, 15) is 14.4 Å². The first kappa shape index (κ1) is 19.2. The number of nitrogens with one attached hydrogen (secondary N) is 2. The molecule has 2 saturated heterocycles. The van der Waals surface area contributed by atoms with Crippen LogP contribution in [0.2, 0.25) is 0 Å². The summed E-state index contributed by atoms with van der Waals surface area (Å²) in [6.45, 7) is 2.56. The van der Waals surface area contributed by atoms with E-state index in [4.69, 9.17) is 0 Å². The van der Waals surface area contributed by atoms with E-state index in [1.165, 1.54) is 0 Å². The fourth-order valence-corrected chi connectivity index (χ4v) is 4.22. The summed E-state index contributed by atoms with van der Waals surface area (Å²) < 4.78 is 2.06. The number of likely N-dealkylation sites (tertiary alicyclic amines) is 1. The Morgan fingerprint density at radius 3 is 2.66 bits per heavy atom. The first-order valence-corrected chi connectivity index (χ1v) is 9.77. The van der Waals surface area contributed by atoms with Crippen molar-refractivity contribution in [3.63, 3.8) is 0 Å². The molecule has 8 heteroatoms. The number of benzene rings is 1. The molecule has 2 aliphatic heterocycles. The van der Waals surface area contributed by atoms with E-state index in [1.54, 1.807) is 31.2 Å². The molecule has 1 aromatic carbocycles. The molecule has 2 aliphatic rings. The molecule has 152 valence electrons. The average molecular weight is 395 g/mol. The molecule has 0 unspecified atom stereocenters. The minimum Gasteiger partial charge on any atom is -0.353 e. The fraction of sp³-hybridized carbons (Fsp3) is 0.381. The number of hydrogen-bond donors (Lipinski definition) is 2. The van der Waals surface area contributed by atoms with Gasteiger partial charge in [0.1, 0.15) is 5.54 Å². The van der Waals surface area contributed by atoms with Crippen LogP contribution in [0.15, 0.2) is 48.7 Å². The molecule has 3 heterocycles. The molecular formula is C21H25N5O3. The van der Waals surface area contributed by atoms with Crippen LogP contribution in [-0.4, -0.2) is 45.4 Å². The van der Waals surface area contributed by atoms with Crippen LogP contribution in [0.25, 0.3) is 0 Å². The number of nitrogens with zero attached hydrogens (tertiary/aromatic N) is 3. The summed E-state index contributed by atoms with van der Waals surface area (Å²) in [6, 6.07) is 12.6. The predicted octanol–water partition coefficient (Wildman–Crippen LogP) is 1.66. The second-order valence-electron chi connectivity index (χ2n) is 7.77. The van der Waals surface area contributed by atoms with Gasteiger partial charge in [-0.05, 0) is 44.0 Å². The predicted molar refractivity (Wildman–Crippen MR) is 106 cm³/mol. The Labute approximate surface area is 169 Å². The molecule has 2 N–H and O–H groups in total. The maximum Gasteiger partial charge on any atom is 0.344 e. The molecule has 0 saturated carbocycles. The van der Waals surface area contributed by atoms with Crippen LogP contribution in [0.4, 0.5) is 4.79 Å². The van der Waals surface area contributed by atoms with Gasteiger partial charge in [-0.15, -0.1) is 0 Å². The Morgan fingerprint density at radius 2 is 1.97 bits per heavy atom. The van der Waals surface area contributed by atoms with Gasteiger partial charge in [-0.2, -0.15) is 5.01 Å². The normalized spacial score (nSPS) is 24.8. The minimum atomic E-state index is -1.20. The third kappa shape index (κ3) is 3.40. The summed E-state index contributed by atoms with van der Waals surface area (Å²) in [6.07, 6.45) is 3.96. The Bertz CT molecular complexity index is 941. The number of imide groups is 1. The van der Waals surface area contributed by atoms with Gasteiger partial charge in [0.25, 0.3) is 11.8 Å². The maximum atomic E-state index is 12.9. The monoisotopic (exact) mass is 395 g/mol. The minimum absolute atomic E-state index is 0.120. The molecule has 4 amide bonds. The molecule has 2 aromatic rings. The Morgan fingerprint density at radius 1 is 1.21 bits per heavy atom. The van der Waals surface area contributed by atoms with Gasteiger partial charge < -0.3 is 9.88 Å². The van der Waals surface area contributed by atoms with E-state index >= 15 is 0 Å². The van der Waals surface area contributed by atoms with E-state index < -0.39 is 17.5 Å². The third-order valence-electron chi connectivity index (χ3n) is 5.81. The molecule has 0 radical (unpaired) electrons. The van der Waals surface area contributed by atoms with E-state index in [-0.39, 0.29) is 18.5 Å². The number of carbonyl (C=O) groups is 3. The van der Waals surface area contributed by atoms with Crippen molar-refractivity contribution < 1.29 is 14.4 Å². The molecule has 2 atom stereocenters. The first-order valence-electron chi connectivity index (χ1n) is 9.77. The summed E-state index contributed by atoms with van der Waals surface area (Å²) in [5, 5.41) is 3.48. The van der Waals surface area contributed by atoms with E-state index in [0.29, 0.717) is 5.56 Å². The van der Waals surface area contributed by atoms with Crippen LogP contribution in [0, 0.1) is 0 Å². The summed E-state index contributed by atoms with van der Waals surface area (Å²) in [5.74, 6) is -0.880. The number of hydrazine groups is 1. The Balaban J connectivity index is 1.44. The average Bonchev–Trinajstić information content (AvgIpc) is 3.38. The van der Waals surface area contributed by atoms with Crippen LogP contribution < -0.4 is 10.7 Å². The summed E-state index contributed by atoms with van der Waals surface area (Å²) in [5.41, 5.74) is 3.11. The zero-order valence-corrected chi connectivity index (χ0v) is 16.6. The van der Waals surface area contributed by atoms with E-state index in [2.05, 4.69) is 26.3 Å². The van der Waals surface area contributed by atoms with Crippen molar-refractivity contribution in [2.24, 2.45) is 7.05 Å². The second-order valence-corrected chi connectivity index (χ2v) is 7.77. The molecule has 0 bridgehead atoms. The lowest BCUT2D eigenvalue weighted by Gasteiger charge is -2.26. The smallest absolute Gasteiger partial charge is 0.344 e. The third-order valence-corrected chi connectivity index (χ3v) is 5.81. The van der Waals surface area contributed by atoms with Gasteiger partial charge in [0.2, 0.25) is 0 Å². The van der Waals surface area contributed by atoms with Crippen LogP contribution in [0.3, 0.4) is 0 Å². The number of hydrogen-bond acceptors (Lipinski definition) is 4. The molecule has 0 aliphatic carbocycles.